The van der Waals surface area contributed by atoms with Crippen LogP contribution in [0.1, 0.15) is 116 Å². The molecule has 0 aliphatic rings. The van der Waals surface area contributed by atoms with Crippen LogP contribution in [0.5, 0.6) is 0 Å². The molecule has 4 unspecified atom stereocenters. The number of rotatable bonds is 22. The van der Waals surface area contributed by atoms with Crippen LogP contribution in [0, 0.1) is 5.92 Å². The molecule has 0 bridgehead atoms. The fourth-order valence-corrected chi connectivity index (χ4v) is 5.26. The van der Waals surface area contributed by atoms with Crippen molar-refractivity contribution in [2.24, 2.45) is 5.92 Å². The summed E-state index contributed by atoms with van der Waals surface area (Å²) in [5.41, 5.74) is 3.03. The fraction of sp³-hybridized carbons (Fsp3) is 0.758. The van der Waals surface area contributed by atoms with E-state index >= 15 is 0 Å². The molecule has 1 aromatic carbocycles. The Labute approximate surface area is 244 Å². The third kappa shape index (κ3) is 17.0. The first-order valence-electron chi connectivity index (χ1n) is 15.8. The van der Waals surface area contributed by atoms with Crippen LogP contribution < -0.4 is 0 Å². The summed E-state index contributed by atoms with van der Waals surface area (Å²) in [6, 6.07) is 9.27. The summed E-state index contributed by atoms with van der Waals surface area (Å²) < 4.78 is 1.39. The van der Waals surface area contributed by atoms with Crippen molar-refractivity contribution in [3.63, 3.8) is 0 Å². The van der Waals surface area contributed by atoms with Gasteiger partial charge in [0.15, 0.2) is 12.2 Å². The van der Waals surface area contributed by atoms with Crippen molar-refractivity contribution in [1.82, 2.24) is 0 Å². The maximum Gasteiger partial charge on any atom is 0.335 e. The number of unbranched alkanes of at least 4 members (excludes halogenated alkanes) is 5. The lowest BCUT2D eigenvalue weighted by molar-refractivity contribution is -0.929. The summed E-state index contributed by atoms with van der Waals surface area (Å²) in [6.07, 6.45) is 13.1. The zero-order chi connectivity index (χ0) is 30.4. The Morgan fingerprint density at radius 2 is 1.27 bits per heavy atom. The van der Waals surface area contributed by atoms with Gasteiger partial charge in [0.05, 0.1) is 26.2 Å². The van der Waals surface area contributed by atoms with Crippen molar-refractivity contribution in [1.29, 1.82) is 0 Å². The van der Waals surface area contributed by atoms with E-state index in [-0.39, 0.29) is 0 Å². The summed E-state index contributed by atoms with van der Waals surface area (Å²) in [6.45, 7) is 17.4. The molecule has 40 heavy (non-hydrogen) atoms. The summed E-state index contributed by atoms with van der Waals surface area (Å²) in [5.74, 6) is -2.64. The summed E-state index contributed by atoms with van der Waals surface area (Å²) in [5, 5.41) is 32.5. The van der Waals surface area contributed by atoms with Gasteiger partial charge in [-0.05, 0) is 68.4 Å². The number of hydrogen-bond donors (Lipinski definition) is 4. The van der Waals surface area contributed by atoms with Gasteiger partial charge in [-0.25, -0.2) is 9.59 Å². The number of carbonyl (C=O) groups is 2. The molecule has 0 aliphatic heterocycles. The molecule has 0 heterocycles. The Balaban J connectivity index is 0.00000129. The molecule has 232 valence electrons. The number of benzene rings is 1. The smallest absolute Gasteiger partial charge is 0.335 e. The lowest BCUT2D eigenvalue weighted by atomic mass is 9.99. The number of carboxylic acids is 2. The van der Waals surface area contributed by atoms with Gasteiger partial charge in [0.25, 0.3) is 0 Å². The number of hydrogen-bond acceptors (Lipinski definition) is 4. The van der Waals surface area contributed by atoms with Crippen molar-refractivity contribution in [3.05, 3.63) is 35.4 Å². The van der Waals surface area contributed by atoms with Gasteiger partial charge in [-0.1, -0.05) is 91.0 Å². The van der Waals surface area contributed by atoms with Gasteiger partial charge in [0.1, 0.15) is 0 Å². The van der Waals surface area contributed by atoms with Gasteiger partial charge in [0, 0.05) is 0 Å². The molecule has 7 nitrogen and oxygen atoms in total. The second kappa shape index (κ2) is 22.7. The highest BCUT2D eigenvalue weighted by molar-refractivity contribution is 5.83. The zero-order valence-electron chi connectivity index (χ0n) is 26.1. The largest absolute Gasteiger partial charge is 0.479 e. The first-order valence-corrected chi connectivity index (χ1v) is 15.8. The molecule has 0 spiro atoms. The monoisotopic (exact) mass is 566 g/mol. The number of aryl methyl sites for hydroxylation is 2. The van der Waals surface area contributed by atoms with Crippen molar-refractivity contribution in [2.45, 2.75) is 130 Å². The molecule has 1 rings (SSSR count). The molecule has 0 saturated carbocycles. The Kier molecular flexibility index (Phi) is 21.6. The molecule has 0 radical (unpaired) electrons. The van der Waals surface area contributed by atoms with E-state index in [1.165, 1.54) is 113 Å². The zero-order valence-corrected chi connectivity index (χ0v) is 26.1. The predicted octanol–water partition coefficient (Wildman–Crippen LogP) is 6.47. The van der Waals surface area contributed by atoms with Gasteiger partial charge in [-0.15, -0.1) is 0 Å². The average molecular weight is 567 g/mol. The second-order valence-corrected chi connectivity index (χ2v) is 11.5. The minimum atomic E-state index is -2.27. The summed E-state index contributed by atoms with van der Waals surface area (Å²) in [7, 11) is 0. The maximum absolute atomic E-state index is 9.77. The Morgan fingerprint density at radius 3 is 1.80 bits per heavy atom. The van der Waals surface area contributed by atoms with Crippen LogP contribution in [0.2, 0.25) is 0 Å². The van der Waals surface area contributed by atoms with Crippen LogP contribution in [0.25, 0.3) is 0 Å². The van der Waals surface area contributed by atoms with E-state index in [0.29, 0.717) is 0 Å². The summed E-state index contributed by atoms with van der Waals surface area (Å²) >= 11 is 0. The number of aliphatic carboxylic acids is 2. The number of aliphatic hydroxyl groups is 2. The maximum atomic E-state index is 9.77. The third-order valence-electron chi connectivity index (χ3n) is 7.88. The van der Waals surface area contributed by atoms with Crippen LogP contribution in [-0.2, 0) is 22.4 Å². The van der Waals surface area contributed by atoms with Gasteiger partial charge in [-0.3, -0.25) is 0 Å². The molecular formula is C33H60NO6+. The quantitative estimate of drug-likeness (QED) is 0.0944. The van der Waals surface area contributed by atoms with Gasteiger partial charge >= 0.3 is 11.9 Å². The van der Waals surface area contributed by atoms with Crippen molar-refractivity contribution >= 4 is 11.9 Å². The normalized spacial score (nSPS) is 14.9. The predicted molar refractivity (Wildman–Crippen MR) is 164 cm³/mol. The highest BCUT2D eigenvalue weighted by atomic mass is 16.4. The average Bonchev–Trinajstić information content (AvgIpc) is 2.95. The first kappa shape index (κ1) is 38.0. The van der Waals surface area contributed by atoms with Crippen LogP contribution in [-0.4, -0.2) is 75.2 Å². The Morgan fingerprint density at radius 1 is 0.700 bits per heavy atom. The van der Waals surface area contributed by atoms with E-state index in [1.807, 2.05) is 0 Å². The number of quaternary nitrogens is 1. The van der Waals surface area contributed by atoms with E-state index in [0.717, 1.165) is 12.3 Å². The molecule has 0 amide bonds. The van der Waals surface area contributed by atoms with E-state index < -0.39 is 24.1 Å². The van der Waals surface area contributed by atoms with Crippen molar-refractivity contribution in [3.8, 4) is 0 Å². The van der Waals surface area contributed by atoms with Gasteiger partial charge in [-0.2, -0.15) is 0 Å². The highest BCUT2D eigenvalue weighted by Gasteiger charge is 2.29. The van der Waals surface area contributed by atoms with E-state index in [4.69, 9.17) is 20.4 Å². The van der Waals surface area contributed by atoms with E-state index in [1.54, 1.807) is 5.56 Å². The number of aliphatic hydroxyl groups excluding tert-OH is 2. The molecule has 0 fully saturated rings. The molecule has 0 saturated heterocycles. The summed E-state index contributed by atoms with van der Waals surface area (Å²) in [4.78, 5) is 19.5. The SMILES string of the molecule is CCCCCC[N+](CCC)(CCCCc1cccc(CC)c1)CCC(C)CCCC.O=C(O)C(O)C(O)C(=O)O. The molecule has 4 atom stereocenters. The van der Waals surface area contributed by atoms with Crippen molar-refractivity contribution < 1.29 is 34.5 Å². The first-order chi connectivity index (χ1) is 19.1. The van der Waals surface area contributed by atoms with E-state index in [2.05, 4.69) is 58.9 Å². The van der Waals surface area contributed by atoms with Crippen LogP contribution in [0.4, 0.5) is 0 Å². The van der Waals surface area contributed by atoms with Gasteiger partial charge < -0.3 is 24.9 Å². The Hall–Kier alpha value is -1.96. The molecule has 0 aliphatic carbocycles. The highest BCUT2D eigenvalue weighted by Crippen LogP contribution is 2.21. The minimum absolute atomic E-state index is 0.895. The van der Waals surface area contributed by atoms with Crippen LogP contribution in [0.3, 0.4) is 0 Å². The fourth-order valence-electron chi connectivity index (χ4n) is 5.26. The van der Waals surface area contributed by atoms with Crippen LogP contribution >= 0.6 is 0 Å². The minimum Gasteiger partial charge on any atom is -0.479 e. The lowest BCUT2D eigenvalue weighted by Gasteiger charge is -2.40. The molecule has 4 N–H and O–H groups in total. The number of carboxylic acid groups (broad SMARTS) is 2. The second-order valence-electron chi connectivity index (χ2n) is 11.5. The van der Waals surface area contributed by atoms with Crippen LogP contribution in [0.15, 0.2) is 24.3 Å². The molecule has 1 aromatic rings. The Bertz CT molecular complexity index is 783. The standard InChI is InChI=1S/C29H54N.C4H6O6/c1-6-10-12-14-23-30(22-8-3,25-21-27(5)17-11-7-2)24-15-13-18-29-20-16-19-28(9-4)26-29;5-1(3(7)8)2(6)4(9)10/h16,19-20,26-27H,6-15,17-18,21-25H2,1-5H3;1-2,5-6H,(H,7,8)(H,9,10)/q+1;. The third-order valence-corrected chi connectivity index (χ3v) is 7.88. The molecular weight excluding hydrogens is 506 g/mol. The topological polar surface area (TPSA) is 115 Å². The van der Waals surface area contributed by atoms with E-state index in [9.17, 15) is 9.59 Å². The van der Waals surface area contributed by atoms with Gasteiger partial charge in [0.2, 0.25) is 0 Å². The van der Waals surface area contributed by atoms with Crippen molar-refractivity contribution in [2.75, 3.05) is 26.2 Å². The number of nitrogens with zero attached hydrogens (tertiary/aromatic N) is 1. The lowest BCUT2D eigenvalue weighted by Crippen LogP contribution is -2.51. The molecule has 0 aromatic heterocycles. The molecule has 7 heteroatoms.